The number of rotatable bonds is 2. The van der Waals surface area contributed by atoms with Gasteiger partial charge in [0, 0.05) is 0 Å². The summed E-state index contributed by atoms with van der Waals surface area (Å²) in [7, 11) is 1.86. The third-order valence-electron chi connectivity index (χ3n) is 0.896. The maximum atomic E-state index is 4.69. The van der Waals surface area contributed by atoms with E-state index in [0.29, 0.717) is 6.61 Å². The van der Waals surface area contributed by atoms with E-state index >= 15 is 0 Å². The van der Waals surface area contributed by atoms with Gasteiger partial charge in [0.05, 0.1) is 6.54 Å². The molecule has 0 radical (unpaired) electrons. The van der Waals surface area contributed by atoms with E-state index in [0.717, 1.165) is 12.3 Å². The van der Waals surface area contributed by atoms with Crippen molar-refractivity contribution in [1.82, 2.24) is 5.32 Å². The summed E-state index contributed by atoms with van der Waals surface area (Å²) in [6.07, 6.45) is 1.90. The van der Waals surface area contributed by atoms with Crippen LogP contribution in [0.5, 0.6) is 0 Å². The highest BCUT2D eigenvalue weighted by Gasteiger charge is 2.03. The van der Waals surface area contributed by atoms with Crippen LogP contribution in [-0.2, 0) is 9.78 Å². The largest absolute Gasteiger partial charge is 0.341 e. The Bertz CT molecular complexity index is 101. The van der Waals surface area contributed by atoms with E-state index < -0.39 is 0 Å². The molecule has 1 heterocycles. The molecule has 0 aliphatic carbocycles. The summed E-state index contributed by atoms with van der Waals surface area (Å²) in [5, 5.41) is 2.94. The predicted octanol–water partition coefficient (Wildman–Crippen LogP) is 0.0515. The van der Waals surface area contributed by atoms with Crippen molar-refractivity contribution in [2.45, 2.75) is 0 Å². The Kier molecular flexibility index (Phi) is 1.88. The van der Waals surface area contributed by atoms with E-state index in [4.69, 9.17) is 4.89 Å². The lowest BCUT2D eigenvalue weighted by atomic mass is 10.4. The van der Waals surface area contributed by atoms with E-state index in [2.05, 4.69) is 10.2 Å². The van der Waals surface area contributed by atoms with Crippen LogP contribution in [0.1, 0.15) is 0 Å². The van der Waals surface area contributed by atoms with Crippen LogP contribution in [0, 0.1) is 0 Å². The van der Waals surface area contributed by atoms with E-state index in [1.165, 1.54) is 0 Å². The quantitative estimate of drug-likeness (QED) is 0.516. The van der Waals surface area contributed by atoms with E-state index in [-0.39, 0.29) is 0 Å². The van der Waals surface area contributed by atoms with Gasteiger partial charge in [-0.2, -0.15) is 4.89 Å². The first-order valence-electron chi connectivity index (χ1n) is 2.56. The van der Waals surface area contributed by atoms with Crippen LogP contribution < -0.4 is 5.32 Å². The lowest BCUT2D eigenvalue weighted by molar-refractivity contribution is -0.234. The molecule has 1 aliphatic rings. The molecule has 3 nitrogen and oxygen atoms in total. The van der Waals surface area contributed by atoms with Crippen LogP contribution >= 0.6 is 0 Å². The van der Waals surface area contributed by atoms with Gasteiger partial charge in [0.2, 0.25) is 0 Å². The van der Waals surface area contributed by atoms with Crippen LogP contribution in [-0.4, -0.2) is 20.2 Å². The smallest absolute Gasteiger partial charge is 0.154 e. The summed E-state index contributed by atoms with van der Waals surface area (Å²) in [5.41, 5.74) is 0. The first-order chi connectivity index (χ1) is 3.93. The standard InChI is InChI=1S/C5H9NO2/c1-6-4-5-2-3-7-8-5/h2,6H,3-4H2,1H3. The molecule has 0 aromatic heterocycles. The van der Waals surface area contributed by atoms with Crippen LogP contribution in [0.25, 0.3) is 0 Å². The molecule has 1 N–H and O–H groups in total. The van der Waals surface area contributed by atoms with Gasteiger partial charge in [-0.05, 0) is 13.1 Å². The Balaban J connectivity index is 2.23. The number of likely N-dealkylation sites (N-methyl/N-ethyl adjacent to an activating group) is 1. The summed E-state index contributed by atoms with van der Waals surface area (Å²) < 4.78 is 0. The maximum absolute atomic E-state index is 4.69. The summed E-state index contributed by atoms with van der Waals surface area (Å²) >= 11 is 0. The van der Waals surface area contributed by atoms with Crippen molar-refractivity contribution in [2.24, 2.45) is 0 Å². The van der Waals surface area contributed by atoms with Gasteiger partial charge >= 0.3 is 0 Å². The summed E-state index contributed by atoms with van der Waals surface area (Å²) in [4.78, 5) is 9.27. The minimum Gasteiger partial charge on any atom is -0.341 e. The highest BCUT2D eigenvalue weighted by atomic mass is 17.2. The second kappa shape index (κ2) is 2.69. The van der Waals surface area contributed by atoms with E-state index in [1.54, 1.807) is 0 Å². The van der Waals surface area contributed by atoms with Gasteiger partial charge in [-0.15, -0.1) is 0 Å². The van der Waals surface area contributed by atoms with Gasteiger partial charge in [0.1, 0.15) is 6.61 Å². The maximum Gasteiger partial charge on any atom is 0.154 e. The molecular weight excluding hydrogens is 106 g/mol. The van der Waals surface area contributed by atoms with E-state index in [9.17, 15) is 0 Å². The van der Waals surface area contributed by atoms with Gasteiger partial charge in [-0.3, -0.25) is 0 Å². The van der Waals surface area contributed by atoms with Crippen molar-refractivity contribution in [3.05, 3.63) is 11.8 Å². The third-order valence-corrected chi connectivity index (χ3v) is 0.896. The van der Waals surface area contributed by atoms with Gasteiger partial charge in [0.25, 0.3) is 0 Å². The Labute approximate surface area is 48.2 Å². The molecule has 0 atom stereocenters. The molecule has 8 heavy (non-hydrogen) atoms. The molecule has 46 valence electrons. The zero-order valence-electron chi connectivity index (χ0n) is 4.81. The van der Waals surface area contributed by atoms with Crippen molar-refractivity contribution in [1.29, 1.82) is 0 Å². The van der Waals surface area contributed by atoms with Crippen molar-refractivity contribution in [3.63, 3.8) is 0 Å². The fraction of sp³-hybridized carbons (Fsp3) is 0.600. The van der Waals surface area contributed by atoms with Crippen molar-refractivity contribution < 1.29 is 9.78 Å². The normalized spacial score (nSPS) is 17.9. The molecule has 0 bridgehead atoms. The monoisotopic (exact) mass is 115 g/mol. The zero-order valence-corrected chi connectivity index (χ0v) is 4.81. The Morgan fingerprint density at radius 3 is 3.25 bits per heavy atom. The van der Waals surface area contributed by atoms with Crippen LogP contribution in [0.15, 0.2) is 11.8 Å². The van der Waals surface area contributed by atoms with Gasteiger partial charge in [-0.25, -0.2) is 0 Å². The number of hydrogen-bond donors (Lipinski definition) is 1. The molecule has 1 rings (SSSR count). The Morgan fingerprint density at radius 1 is 1.88 bits per heavy atom. The number of hydrogen-bond acceptors (Lipinski definition) is 3. The van der Waals surface area contributed by atoms with E-state index in [1.807, 2.05) is 13.1 Å². The average Bonchev–Trinajstić information content (AvgIpc) is 2.19. The van der Waals surface area contributed by atoms with Crippen molar-refractivity contribution in [3.8, 4) is 0 Å². The van der Waals surface area contributed by atoms with Crippen molar-refractivity contribution in [2.75, 3.05) is 20.2 Å². The molecule has 0 fully saturated rings. The second-order valence-corrected chi connectivity index (χ2v) is 1.57. The fourth-order valence-electron chi connectivity index (χ4n) is 0.547. The highest BCUT2D eigenvalue weighted by Crippen LogP contribution is 2.03. The molecule has 3 heteroatoms. The first kappa shape index (κ1) is 5.59. The topological polar surface area (TPSA) is 30.5 Å². The number of nitrogens with one attached hydrogen (secondary N) is 1. The minimum absolute atomic E-state index is 0.580. The average molecular weight is 115 g/mol. The lowest BCUT2D eigenvalue weighted by Gasteiger charge is -1.96. The summed E-state index contributed by atoms with van der Waals surface area (Å²) in [6.45, 7) is 1.33. The fourth-order valence-corrected chi connectivity index (χ4v) is 0.547. The molecule has 0 saturated heterocycles. The van der Waals surface area contributed by atoms with Crippen LogP contribution in [0.2, 0.25) is 0 Å². The third kappa shape index (κ3) is 1.21. The molecule has 1 aliphatic heterocycles. The van der Waals surface area contributed by atoms with Gasteiger partial charge < -0.3 is 10.2 Å². The van der Waals surface area contributed by atoms with Crippen LogP contribution in [0.4, 0.5) is 0 Å². The zero-order chi connectivity index (χ0) is 5.82. The Morgan fingerprint density at radius 2 is 2.75 bits per heavy atom. The summed E-state index contributed by atoms with van der Waals surface area (Å²) in [6, 6.07) is 0. The molecule has 0 spiro atoms. The molecular formula is C5H9NO2. The molecule has 0 amide bonds. The van der Waals surface area contributed by atoms with Gasteiger partial charge in [-0.1, -0.05) is 0 Å². The predicted molar refractivity (Wildman–Crippen MR) is 29.0 cm³/mol. The molecule has 0 unspecified atom stereocenters. The SMILES string of the molecule is CNCC1=CCOO1. The molecule has 0 aromatic rings. The first-order valence-corrected chi connectivity index (χ1v) is 2.56. The van der Waals surface area contributed by atoms with Crippen LogP contribution in [0.3, 0.4) is 0 Å². The highest BCUT2D eigenvalue weighted by molar-refractivity contribution is 4.96. The second-order valence-electron chi connectivity index (χ2n) is 1.57. The van der Waals surface area contributed by atoms with Gasteiger partial charge in [0.15, 0.2) is 5.76 Å². The minimum atomic E-state index is 0.580. The summed E-state index contributed by atoms with van der Waals surface area (Å²) in [5.74, 6) is 0.868. The molecule has 0 saturated carbocycles. The molecule has 0 aromatic carbocycles. The lowest BCUT2D eigenvalue weighted by Crippen LogP contribution is -2.09. The van der Waals surface area contributed by atoms with Crippen molar-refractivity contribution >= 4 is 0 Å². The Hall–Kier alpha value is -0.540.